The summed E-state index contributed by atoms with van der Waals surface area (Å²) in [6, 6.07) is 7.75. The van der Waals surface area contributed by atoms with Gasteiger partial charge in [-0.1, -0.05) is 25.5 Å². The number of aryl methyl sites for hydroxylation is 1. The molecule has 1 atom stereocenters. The van der Waals surface area contributed by atoms with Gasteiger partial charge in [0.05, 0.1) is 6.61 Å². The van der Waals surface area contributed by atoms with Crippen molar-refractivity contribution in [1.29, 1.82) is 0 Å². The van der Waals surface area contributed by atoms with Gasteiger partial charge in [-0.2, -0.15) is 0 Å². The van der Waals surface area contributed by atoms with Crippen molar-refractivity contribution in [3.05, 3.63) is 29.8 Å². The molecule has 1 heterocycles. The molecule has 2 rings (SSSR count). The molecule has 0 amide bonds. The van der Waals surface area contributed by atoms with Crippen molar-refractivity contribution in [2.24, 2.45) is 0 Å². The maximum Gasteiger partial charge on any atom is 0.320 e. The summed E-state index contributed by atoms with van der Waals surface area (Å²) in [4.78, 5) is 14.1. The second kappa shape index (κ2) is 15.2. The van der Waals surface area contributed by atoms with E-state index in [0.717, 1.165) is 90.4 Å². The predicted molar refractivity (Wildman–Crippen MR) is 121 cm³/mol. The van der Waals surface area contributed by atoms with Crippen molar-refractivity contribution in [3.63, 3.8) is 0 Å². The van der Waals surface area contributed by atoms with Crippen LogP contribution in [0.1, 0.15) is 38.2 Å². The van der Waals surface area contributed by atoms with Crippen LogP contribution in [0.25, 0.3) is 0 Å². The number of nitrogens with zero attached hydrogens (tertiary/aromatic N) is 1. The van der Waals surface area contributed by atoms with Gasteiger partial charge in [0.2, 0.25) is 0 Å². The fourth-order valence-electron chi connectivity index (χ4n) is 3.68. The Labute approximate surface area is 181 Å². The molecule has 1 fully saturated rings. The maximum absolute atomic E-state index is 12.0. The second-order valence-electron chi connectivity index (χ2n) is 7.88. The molecule has 1 unspecified atom stereocenters. The van der Waals surface area contributed by atoms with Crippen LogP contribution in [0.4, 0.5) is 0 Å². The van der Waals surface area contributed by atoms with E-state index < -0.39 is 12.0 Å². The zero-order valence-corrected chi connectivity index (χ0v) is 18.5. The fraction of sp³-hybridized carbons (Fsp3) is 0.696. The molecule has 1 aliphatic heterocycles. The van der Waals surface area contributed by atoms with E-state index in [4.69, 9.17) is 4.74 Å². The largest absolute Gasteiger partial charge is 0.494 e. The van der Waals surface area contributed by atoms with Gasteiger partial charge >= 0.3 is 5.97 Å². The summed E-state index contributed by atoms with van der Waals surface area (Å²) >= 11 is 0. The minimum absolute atomic E-state index is 0.446. The van der Waals surface area contributed by atoms with Crippen LogP contribution in [0.5, 0.6) is 5.75 Å². The van der Waals surface area contributed by atoms with Crippen LogP contribution < -0.4 is 20.7 Å². The molecule has 0 aliphatic carbocycles. The summed E-state index contributed by atoms with van der Waals surface area (Å²) in [6.45, 7) is 9.69. The van der Waals surface area contributed by atoms with E-state index in [2.05, 4.69) is 39.9 Å². The Bertz CT molecular complexity index is 588. The van der Waals surface area contributed by atoms with E-state index >= 15 is 0 Å². The first kappa shape index (κ1) is 24.6. The molecular formula is C23H40N4O3. The molecule has 0 saturated carbocycles. The summed E-state index contributed by atoms with van der Waals surface area (Å²) in [5.41, 5.74) is 1.21. The Hall–Kier alpha value is -1.67. The normalized spacial score (nSPS) is 18.2. The lowest BCUT2D eigenvalue weighted by molar-refractivity contribution is -0.143. The summed E-state index contributed by atoms with van der Waals surface area (Å²) in [7, 11) is 0. The third kappa shape index (κ3) is 9.89. The van der Waals surface area contributed by atoms with E-state index in [1.165, 1.54) is 5.56 Å². The van der Waals surface area contributed by atoms with Gasteiger partial charge in [-0.15, -0.1) is 0 Å². The van der Waals surface area contributed by atoms with E-state index in [-0.39, 0.29) is 0 Å². The predicted octanol–water partition coefficient (Wildman–Crippen LogP) is 1.73. The highest BCUT2D eigenvalue weighted by Crippen LogP contribution is 2.17. The Morgan fingerprint density at radius 2 is 1.73 bits per heavy atom. The number of benzene rings is 1. The van der Waals surface area contributed by atoms with Gasteiger partial charge in [-0.3, -0.25) is 9.69 Å². The Morgan fingerprint density at radius 3 is 2.37 bits per heavy atom. The van der Waals surface area contributed by atoms with Crippen LogP contribution in [0.3, 0.4) is 0 Å². The number of hydrogen-bond donors (Lipinski definition) is 4. The van der Waals surface area contributed by atoms with Gasteiger partial charge in [0.25, 0.3) is 0 Å². The van der Waals surface area contributed by atoms with E-state index in [1.807, 2.05) is 12.1 Å². The number of rotatable bonds is 10. The first-order valence-corrected chi connectivity index (χ1v) is 11.5. The van der Waals surface area contributed by atoms with Crippen LogP contribution >= 0.6 is 0 Å². The van der Waals surface area contributed by atoms with Crippen LogP contribution in [0.2, 0.25) is 0 Å². The Morgan fingerprint density at radius 1 is 1.07 bits per heavy atom. The maximum atomic E-state index is 12.0. The van der Waals surface area contributed by atoms with Crippen molar-refractivity contribution in [2.45, 2.75) is 45.1 Å². The minimum atomic E-state index is -0.722. The van der Waals surface area contributed by atoms with Crippen LogP contribution in [-0.4, -0.2) is 81.0 Å². The van der Waals surface area contributed by atoms with Crippen LogP contribution in [-0.2, 0) is 11.2 Å². The molecule has 1 aromatic carbocycles. The van der Waals surface area contributed by atoms with Crippen LogP contribution in [0, 0.1) is 0 Å². The lowest BCUT2D eigenvalue weighted by atomic mass is 10.0. The van der Waals surface area contributed by atoms with Gasteiger partial charge in [-0.05, 0) is 43.4 Å². The van der Waals surface area contributed by atoms with Crippen molar-refractivity contribution >= 4 is 5.97 Å². The summed E-state index contributed by atoms with van der Waals surface area (Å²) < 4.78 is 5.79. The molecule has 1 saturated heterocycles. The van der Waals surface area contributed by atoms with Gasteiger partial charge in [0, 0.05) is 52.4 Å². The molecule has 0 aromatic heterocycles. The van der Waals surface area contributed by atoms with E-state index in [0.29, 0.717) is 6.42 Å². The SMILES string of the molecule is CCCCOc1cccc(CCCC(C(=O)O)N2CCNCCNCCNCC2)c1. The highest BCUT2D eigenvalue weighted by Gasteiger charge is 2.24. The number of nitrogens with one attached hydrogen (secondary N) is 3. The zero-order valence-electron chi connectivity index (χ0n) is 18.5. The lowest BCUT2D eigenvalue weighted by Gasteiger charge is -2.29. The number of carbonyl (C=O) groups is 1. The average molecular weight is 421 g/mol. The highest BCUT2D eigenvalue weighted by molar-refractivity contribution is 5.73. The lowest BCUT2D eigenvalue weighted by Crippen LogP contribution is -2.48. The van der Waals surface area contributed by atoms with E-state index in [1.54, 1.807) is 0 Å². The number of ether oxygens (including phenoxy) is 1. The van der Waals surface area contributed by atoms with Crippen LogP contribution in [0.15, 0.2) is 24.3 Å². The smallest absolute Gasteiger partial charge is 0.320 e. The summed E-state index contributed by atoms with van der Waals surface area (Å²) in [5, 5.41) is 20.0. The number of carboxylic acids is 1. The van der Waals surface area contributed by atoms with Crippen molar-refractivity contribution in [3.8, 4) is 5.75 Å². The number of unbranched alkanes of at least 4 members (excludes halogenated alkanes) is 1. The highest BCUT2D eigenvalue weighted by atomic mass is 16.5. The van der Waals surface area contributed by atoms with Gasteiger partial charge in [-0.25, -0.2) is 0 Å². The number of hydrogen-bond acceptors (Lipinski definition) is 6. The fourth-order valence-corrected chi connectivity index (χ4v) is 3.68. The van der Waals surface area contributed by atoms with Crippen molar-refractivity contribution in [1.82, 2.24) is 20.9 Å². The Kier molecular flexibility index (Phi) is 12.4. The Balaban J connectivity index is 1.86. The molecule has 0 spiro atoms. The molecule has 170 valence electrons. The van der Waals surface area contributed by atoms with Gasteiger partial charge < -0.3 is 25.8 Å². The number of carboxylic acid groups (broad SMARTS) is 1. The van der Waals surface area contributed by atoms with Crippen molar-refractivity contribution < 1.29 is 14.6 Å². The quantitative estimate of drug-likeness (QED) is 0.429. The number of aliphatic carboxylic acids is 1. The topological polar surface area (TPSA) is 85.9 Å². The average Bonchev–Trinajstić information content (AvgIpc) is 2.72. The molecule has 4 N–H and O–H groups in total. The molecule has 1 aliphatic rings. The molecule has 7 heteroatoms. The van der Waals surface area contributed by atoms with Crippen molar-refractivity contribution in [2.75, 3.05) is 59.0 Å². The first-order chi connectivity index (χ1) is 14.7. The van der Waals surface area contributed by atoms with Gasteiger partial charge in [0.15, 0.2) is 0 Å². The third-order valence-corrected chi connectivity index (χ3v) is 5.44. The first-order valence-electron chi connectivity index (χ1n) is 11.5. The molecule has 1 aromatic rings. The van der Waals surface area contributed by atoms with E-state index in [9.17, 15) is 9.90 Å². The zero-order chi connectivity index (χ0) is 21.4. The standard InChI is InChI=1S/C23H40N4O3/c1-2-3-18-30-21-8-4-6-20(19-21)7-5-9-22(23(28)29)27-16-14-25-12-10-24-11-13-26-15-17-27/h4,6,8,19,22,24-26H,2-3,5,7,9-18H2,1H3,(H,28,29). The van der Waals surface area contributed by atoms with Gasteiger partial charge in [0.1, 0.15) is 11.8 Å². The molecule has 0 radical (unpaired) electrons. The minimum Gasteiger partial charge on any atom is -0.494 e. The summed E-state index contributed by atoms with van der Waals surface area (Å²) in [5.74, 6) is 0.186. The molecular weight excluding hydrogens is 380 g/mol. The summed E-state index contributed by atoms with van der Waals surface area (Å²) in [6.07, 6.45) is 4.54. The molecule has 0 bridgehead atoms. The molecule has 30 heavy (non-hydrogen) atoms. The molecule has 7 nitrogen and oxygen atoms in total. The third-order valence-electron chi connectivity index (χ3n) is 5.44. The monoisotopic (exact) mass is 420 g/mol. The second-order valence-corrected chi connectivity index (χ2v) is 7.88.